The summed E-state index contributed by atoms with van der Waals surface area (Å²) in [4.78, 5) is 4.34. The Morgan fingerprint density at radius 1 is 1.25 bits per heavy atom. The molecular weight excluding hydrogens is 246 g/mol. The fraction of sp³-hybridized carbons (Fsp3) is 0.471. The molecule has 0 aliphatic heterocycles. The average Bonchev–Trinajstić information content (AvgIpc) is 3.38. The highest BCUT2D eigenvalue weighted by molar-refractivity contribution is 5.26. The number of nitrogens with zero attached hydrogens (tertiary/aromatic N) is 2. The van der Waals surface area contributed by atoms with Crippen LogP contribution in [0.4, 0.5) is 0 Å². The van der Waals surface area contributed by atoms with Gasteiger partial charge < -0.3 is 10.3 Å². The minimum atomic E-state index is -0.0753. The molecule has 2 aromatic rings. The Labute approximate surface area is 119 Å². The smallest absolute Gasteiger partial charge is 0.0948 e. The Hall–Kier alpha value is -1.61. The van der Waals surface area contributed by atoms with Crippen molar-refractivity contribution in [2.75, 3.05) is 0 Å². The lowest BCUT2D eigenvalue weighted by Crippen LogP contribution is -2.20. The summed E-state index contributed by atoms with van der Waals surface area (Å²) in [7, 11) is 0. The molecule has 0 amide bonds. The average molecular weight is 267 g/mol. The van der Waals surface area contributed by atoms with E-state index in [-0.39, 0.29) is 6.04 Å². The second-order valence-electron chi connectivity index (χ2n) is 6.47. The molecule has 1 aromatic carbocycles. The lowest BCUT2D eigenvalue weighted by atomic mass is 9.99. The fourth-order valence-corrected chi connectivity index (χ4v) is 3.44. The highest BCUT2D eigenvalue weighted by atomic mass is 15.1. The van der Waals surface area contributed by atoms with Crippen LogP contribution >= 0.6 is 0 Å². The summed E-state index contributed by atoms with van der Waals surface area (Å²) in [6.45, 7) is 1.10. The first kappa shape index (κ1) is 12.2. The molecule has 1 aromatic heterocycles. The van der Waals surface area contributed by atoms with Crippen LogP contribution < -0.4 is 5.73 Å². The highest BCUT2D eigenvalue weighted by Crippen LogP contribution is 2.62. The topological polar surface area (TPSA) is 43.8 Å². The van der Waals surface area contributed by atoms with Gasteiger partial charge in [-0.05, 0) is 42.6 Å². The Kier molecular flexibility index (Phi) is 2.71. The maximum atomic E-state index is 6.43. The molecule has 3 heteroatoms. The van der Waals surface area contributed by atoms with E-state index in [9.17, 15) is 0 Å². The van der Waals surface area contributed by atoms with Crippen molar-refractivity contribution < 1.29 is 0 Å². The monoisotopic (exact) mass is 267 g/mol. The molecule has 2 N–H and O–H groups in total. The second-order valence-corrected chi connectivity index (χ2v) is 6.47. The molecule has 20 heavy (non-hydrogen) atoms. The third-order valence-electron chi connectivity index (χ3n) is 5.04. The van der Waals surface area contributed by atoms with Crippen LogP contribution in [0.5, 0.6) is 0 Å². The van der Waals surface area contributed by atoms with E-state index in [0.717, 1.165) is 23.7 Å². The molecule has 2 fully saturated rings. The van der Waals surface area contributed by atoms with Crippen LogP contribution in [0.25, 0.3) is 0 Å². The number of hydrogen-bond donors (Lipinski definition) is 1. The van der Waals surface area contributed by atoms with E-state index in [1.807, 2.05) is 30.7 Å². The second kappa shape index (κ2) is 4.45. The summed E-state index contributed by atoms with van der Waals surface area (Å²) in [5.41, 5.74) is 9.31. The lowest BCUT2D eigenvalue weighted by Gasteiger charge is -2.20. The van der Waals surface area contributed by atoms with Crippen LogP contribution in [0.2, 0.25) is 0 Å². The molecule has 1 heterocycles. The molecule has 0 radical (unpaired) electrons. The van der Waals surface area contributed by atoms with Crippen molar-refractivity contribution in [3.05, 3.63) is 54.1 Å². The van der Waals surface area contributed by atoms with Crippen molar-refractivity contribution in [1.29, 1.82) is 0 Å². The predicted molar refractivity (Wildman–Crippen MR) is 79.1 cm³/mol. The number of rotatable bonds is 5. The summed E-state index contributed by atoms with van der Waals surface area (Å²) in [6.07, 6.45) is 9.51. The molecule has 0 spiro atoms. The first-order valence-corrected chi connectivity index (χ1v) is 7.59. The molecule has 2 aliphatic rings. The zero-order chi connectivity index (χ0) is 13.6. The number of benzene rings is 1. The first-order valence-electron chi connectivity index (χ1n) is 7.59. The minimum Gasteiger partial charge on any atom is -0.332 e. The molecule has 3 nitrogen and oxygen atoms in total. The van der Waals surface area contributed by atoms with Crippen LogP contribution in [0.1, 0.15) is 43.0 Å². The predicted octanol–water partition coefficient (Wildman–Crippen LogP) is 3.12. The fourth-order valence-electron chi connectivity index (χ4n) is 3.44. The van der Waals surface area contributed by atoms with E-state index in [4.69, 9.17) is 5.73 Å². The van der Waals surface area contributed by atoms with Crippen molar-refractivity contribution in [3.63, 3.8) is 0 Å². The van der Waals surface area contributed by atoms with Gasteiger partial charge in [-0.25, -0.2) is 4.98 Å². The van der Waals surface area contributed by atoms with Gasteiger partial charge in [0, 0.05) is 6.54 Å². The van der Waals surface area contributed by atoms with E-state index in [1.165, 1.54) is 25.7 Å². The standard InChI is InChI=1S/C17H21N3/c18-16(13-4-2-1-3-5-13)15-10-19-12-20(15)11-17(8-9-17)14-6-7-14/h1-5,10,12,14,16H,6-9,11,18H2. The van der Waals surface area contributed by atoms with Gasteiger partial charge in [0.15, 0.2) is 0 Å². The van der Waals surface area contributed by atoms with Crippen LogP contribution in [0.15, 0.2) is 42.9 Å². The molecule has 2 aliphatic carbocycles. The van der Waals surface area contributed by atoms with Crippen LogP contribution in [-0.2, 0) is 6.54 Å². The van der Waals surface area contributed by atoms with E-state index in [1.54, 1.807) is 0 Å². The summed E-state index contributed by atoms with van der Waals surface area (Å²) in [5, 5.41) is 0. The first-order chi connectivity index (χ1) is 9.78. The SMILES string of the molecule is NC(c1ccccc1)c1cncn1CC1(C2CC2)CC1. The van der Waals surface area contributed by atoms with Gasteiger partial charge in [-0.1, -0.05) is 30.3 Å². The zero-order valence-corrected chi connectivity index (χ0v) is 11.7. The molecule has 104 valence electrons. The summed E-state index contributed by atoms with van der Waals surface area (Å²) in [5.74, 6) is 0.964. The van der Waals surface area contributed by atoms with Crippen LogP contribution in [0.3, 0.4) is 0 Å². The lowest BCUT2D eigenvalue weighted by molar-refractivity contribution is 0.363. The molecule has 1 unspecified atom stereocenters. The van der Waals surface area contributed by atoms with E-state index in [0.29, 0.717) is 5.41 Å². The van der Waals surface area contributed by atoms with Crippen molar-refractivity contribution in [1.82, 2.24) is 9.55 Å². The zero-order valence-electron chi connectivity index (χ0n) is 11.7. The van der Waals surface area contributed by atoms with E-state index >= 15 is 0 Å². The Morgan fingerprint density at radius 2 is 2.00 bits per heavy atom. The van der Waals surface area contributed by atoms with Gasteiger partial charge in [0.25, 0.3) is 0 Å². The summed E-state index contributed by atoms with van der Waals surface area (Å²) < 4.78 is 2.29. The highest BCUT2D eigenvalue weighted by Gasteiger charge is 2.53. The third kappa shape index (κ3) is 2.06. The summed E-state index contributed by atoms with van der Waals surface area (Å²) >= 11 is 0. The van der Waals surface area contributed by atoms with Crippen molar-refractivity contribution in [2.24, 2.45) is 17.1 Å². The van der Waals surface area contributed by atoms with Crippen LogP contribution in [-0.4, -0.2) is 9.55 Å². The normalized spacial score (nSPS) is 21.6. The van der Waals surface area contributed by atoms with Crippen molar-refractivity contribution in [3.8, 4) is 0 Å². The Balaban J connectivity index is 1.59. The Morgan fingerprint density at radius 3 is 2.65 bits per heavy atom. The number of imidazole rings is 1. The molecule has 0 bridgehead atoms. The van der Waals surface area contributed by atoms with Gasteiger partial charge in [0.05, 0.1) is 24.3 Å². The van der Waals surface area contributed by atoms with Gasteiger partial charge in [-0.2, -0.15) is 0 Å². The number of aromatic nitrogens is 2. The van der Waals surface area contributed by atoms with Crippen molar-refractivity contribution in [2.45, 2.75) is 38.3 Å². The van der Waals surface area contributed by atoms with Gasteiger partial charge in [-0.15, -0.1) is 0 Å². The van der Waals surface area contributed by atoms with Crippen molar-refractivity contribution >= 4 is 0 Å². The number of nitrogens with two attached hydrogens (primary N) is 1. The molecule has 2 saturated carbocycles. The Bertz CT molecular complexity index is 594. The van der Waals surface area contributed by atoms with Crippen LogP contribution in [0, 0.1) is 11.3 Å². The molecule has 1 atom stereocenters. The van der Waals surface area contributed by atoms with Gasteiger partial charge >= 0.3 is 0 Å². The van der Waals surface area contributed by atoms with E-state index in [2.05, 4.69) is 21.7 Å². The van der Waals surface area contributed by atoms with Gasteiger partial charge in [0.1, 0.15) is 0 Å². The maximum absolute atomic E-state index is 6.43. The van der Waals surface area contributed by atoms with Gasteiger partial charge in [0.2, 0.25) is 0 Å². The molecule has 4 rings (SSSR count). The summed E-state index contributed by atoms with van der Waals surface area (Å²) in [6, 6.07) is 10.2. The van der Waals surface area contributed by atoms with Gasteiger partial charge in [-0.3, -0.25) is 0 Å². The third-order valence-corrected chi connectivity index (χ3v) is 5.04. The van der Waals surface area contributed by atoms with E-state index < -0.39 is 0 Å². The maximum Gasteiger partial charge on any atom is 0.0948 e. The largest absolute Gasteiger partial charge is 0.332 e. The minimum absolute atomic E-state index is 0.0753. The quantitative estimate of drug-likeness (QED) is 0.904. The number of hydrogen-bond acceptors (Lipinski definition) is 2. The molecular formula is C17H21N3. The molecule has 0 saturated heterocycles.